The van der Waals surface area contributed by atoms with Gasteiger partial charge < -0.3 is 19.7 Å². The van der Waals surface area contributed by atoms with Gasteiger partial charge in [0.2, 0.25) is 0 Å². The van der Waals surface area contributed by atoms with Crippen molar-refractivity contribution in [3.63, 3.8) is 0 Å². The second-order valence-corrected chi connectivity index (χ2v) is 7.57. The highest BCUT2D eigenvalue weighted by molar-refractivity contribution is 5.69. The number of ether oxygens (including phenoxy) is 2. The number of hydrogen-bond donors (Lipinski definition) is 2. The van der Waals surface area contributed by atoms with E-state index in [0.29, 0.717) is 6.42 Å². The van der Waals surface area contributed by atoms with Crippen molar-refractivity contribution >= 4 is 12.1 Å². The van der Waals surface area contributed by atoms with Crippen LogP contribution in [0.3, 0.4) is 0 Å². The fourth-order valence-electron chi connectivity index (χ4n) is 3.17. The molecule has 2 N–H and O–H groups in total. The maximum Gasteiger partial charge on any atom is 0.506 e. The Kier molecular flexibility index (Phi) is 19.5. The van der Waals surface area contributed by atoms with E-state index in [9.17, 15) is 9.59 Å². The van der Waals surface area contributed by atoms with Crippen molar-refractivity contribution in [1.29, 1.82) is 0 Å². The van der Waals surface area contributed by atoms with E-state index >= 15 is 0 Å². The zero-order valence-corrected chi connectivity index (χ0v) is 17.8. The highest BCUT2D eigenvalue weighted by Gasteiger charge is 2.15. The molecule has 28 heavy (non-hydrogen) atoms. The first-order valence-electron chi connectivity index (χ1n) is 11.3. The van der Waals surface area contributed by atoms with Gasteiger partial charge in [-0.15, -0.1) is 0 Å². The summed E-state index contributed by atoms with van der Waals surface area (Å²) in [7, 11) is 0. The van der Waals surface area contributed by atoms with Crippen LogP contribution in [0.4, 0.5) is 4.79 Å². The van der Waals surface area contributed by atoms with Crippen LogP contribution in [0.1, 0.15) is 110 Å². The number of aliphatic hydroxyl groups is 1. The van der Waals surface area contributed by atoms with Crippen LogP contribution in [0.25, 0.3) is 0 Å². The standard InChI is InChI=1S/C22H42O6/c1-2-3-4-5-6-7-8-9-10-11-12-13-14-15-16-17-21(24)27-19-20(18-23)28-22(25)26/h20,23H,2-19H2,1H3,(H,25,26). The second kappa shape index (κ2) is 20.4. The smallest absolute Gasteiger partial charge is 0.462 e. The molecule has 0 aliphatic carbocycles. The second-order valence-electron chi connectivity index (χ2n) is 7.57. The molecule has 0 bridgehead atoms. The molecule has 0 aliphatic rings. The van der Waals surface area contributed by atoms with Gasteiger partial charge in [-0.05, 0) is 6.42 Å². The first kappa shape index (κ1) is 26.7. The molecule has 0 aromatic carbocycles. The lowest BCUT2D eigenvalue weighted by atomic mass is 10.0. The monoisotopic (exact) mass is 402 g/mol. The summed E-state index contributed by atoms with van der Waals surface area (Å²) in [5, 5.41) is 17.4. The lowest BCUT2D eigenvalue weighted by molar-refractivity contribution is -0.148. The number of unbranched alkanes of at least 4 members (excludes halogenated alkanes) is 14. The van der Waals surface area contributed by atoms with Crippen molar-refractivity contribution < 1.29 is 29.3 Å². The van der Waals surface area contributed by atoms with Crippen LogP contribution < -0.4 is 0 Å². The van der Waals surface area contributed by atoms with Gasteiger partial charge in [-0.2, -0.15) is 0 Å². The van der Waals surface area contributed by atoms with Gasteiger partial charge in [0.05, 0.1) is 6.61 Å². The number of hydrogen-bond acceptors (Lipinski definition) is 5. The molecule has 0 aliphatic heterocycles. The molecular weight excluding hydrogens is 360 g/mol. The molecule has 0 heterocycles. The van der Waals surface area contributed by atoms with Gasteiger partial charge in [0.15, 0.2) is 6.10 Å². The predicted octanol–water partition coefficient (Wildman–Crippen LogP) is 5.85. The van der Waals surface area contributed by atoms with Gasteiger partial charge in [-0.25, -0.2) is 4.79 Å². The topological polar surface area (TPSA) is 93.1 Å². The minimum Gasteiger partial charge on any atom is -0.462 e. The van der Waals surface area contributed by atoms with Crippen molar-refractivity contribution in [2.24, 2.45) is 0 Å². The number of esters is 1. The van der Waals surface area contributed by atoms with Gasteiger partial charge in [0.25, 0.3) is 0 Å². The molecule has 1 atom stereocenters. The summed E-state index contributed by atoms with van der Waals surface area (Å²) >= 11 is 0. The number of rotatable bonds is 20. The number of aliphatic hydroxyl groups excluding tert-OH is 1. The average molecular weight is 403 g/mol. The summed E-state index contributed by atoms with van der Waals surface area (Å²) in [6.07, 6.45) is 16.9. The molecule has 0 saturated heterocycles. The van der Waals surface area contributed by atoms with E-state index in [-0.39, 0.29) is 12.6 Å². The Morgan fingerprint density at radius 1 is 0.750 bits per heavy atom. The van der Waals surface area contributed by atoms with Crippen LogP contribution >= 0.6 is 0 Å². The largest absolute Gasteiger partial charge is 0.506 e. The predicted molar refractivity (Wildman–Crippen MR) is 110 cm³/mol. The van der Waals surface area contributed by atoms with E-state index < -0.39 is 18.9 Å². The third-order valence-corrected chi connectivity index (χ3v) is 4.89. The lowest BCUT2D eigenvalue weighted by Gasteiger charge is -2.13. The molecule has 0 spiro atoms. The molecule has 0 aromatic rings. The van der Waals surface area contributed by atoms with Crippen LogP contribution in [0.5, 0.6) is 0 Å². The molecule has 0 radical (unpaired) electrons. The first-order valence-corrected chi connectivity index (χ1v) is 11.3. The number of carbonyl (C=O) groups is 2. The summed E-state index contributed by atoms with van der Waals surface area (Å²) in [4.78, 5) is 21.9. The third kappa shape index (κ3) is 19.5. The van der Waals surface area contributed by atoms with Gasteiger partial charge in [0, 0.05) is 6.42 Å². The third-order valence-electron chi connectivity index (χ3n) is 4.89. The van der Waals surface area contributed by atoms with Crippen molar-refractivity contribution in [3.8, 4) is 0 Å². The van der Waals surface area contributed by atoms with Gasteiger partial charge in [-0.3, -0.25) is 4.79 Å². The van der Waals surface area contributed by atoms with Crippen LogP contribution in [-0.4, -0.2) is 41.7 Å². The van der Waals surface area contributed by atoms with Crippen LogP contribution in [0.15, 0.2) is 0 Å². The van der Waals surface area contributed by atoms with E-state index in [1.54, 1.807) is 0 Å². The summed E-state index contributed by atoms with van der Waals surface area (Å²) < 4.78 is 9.30. The highest BCUT2D eigenvalue weighted by Crippen LogP contribution is 2.13. The van der Waals surface area contributed by atoms with Crippen LogP contribution in [-0.2, 0) is 14.3 Å². The van der Waals surface area contributed by atoms with Crippen molar-refractivity contribution in [2.45, 2.75) is 116 Å². The normalized spacial score (nSPS) is 11.9. The lowest BCUT2D eigenvalue weighted by Crippen LogP contribution is -2.27. The van der Waals surface area contributed by atoms with Crippen molar-refractivity contribution in [1.82, 2.24) is 0 Å². The molecule has 0 fully saturated rings. The Bertz CT molecular complexity index is 372. The van der Waals surface area contributed by atoms with Crippen LogP contribution in [0, 0.1) is 0 Å². The molecule has 0 rings (SSSR count). The summed E-state index contributed by atoms with van der Waals surface area (Å²) in [6.45, 7) is 1.52. The zero-order chi connectivity index (χ0) is 20.9. The van der Waals surface area contributed by atoms with Crippen molar-refractivity contribution in [2.75, 3.05) is 13.2 Å². The number of carboxylic acid groups (broad SMARTS) is 1. The summed E-state index contributed by atoms with van der Waals surface area (Å²) in [5.41, 5.74) is 0. The molecule has 6 nitrogen and oxygen atoms in total. The summed E-state index contributed by atoms with van der Waals surface area (Å²) in [5.74, 6) is -0.373. The Hall–Kier alpha value is -1.30. The minimum absolute atomic E-state index is 0.236. The first-order chi connectivity index (χ1) is 13.6. The van der Waals surface area contributed by atoms with Gasteiger partial charge in [0.1, 0.15) is 6.61 Å². The Morgan fingerprint density at radius 3 is 1.57 bits per heavy atom. The molecular formula is C22H42O6. The molecule has 166 valence electrons. The summed E-state index contributed by atoms with van der Waals surface area (Å²) in [6, 6.07) is 0. The fourth-order valence-corrected chi connectivity index (χ4v) is 3.17. The molecule has 0 amide bonds. The van der Waals surface area contributed by atoms with Crippen molar-refractivity contribution in [3.05, 3.63) is 0 Å². The molecule has 0 saturated carbocycles. The zero-order valence-electron chi connectivity index (χ0n) is 17.8. The fraction of sp³-hybridized carbons (Fsp3) is 0.909. The Labute approximate surface area is 171 Å². The van der Waals surface area contributed by atoms with E-state index in [1.807, 2.05) is 0 Å². The van der Waals surface area contributed by atoms with E-state index in [1.165, 1.54) is 77.0 Å². The Morgan fingerprint density at radius 2 is 1.18 bits per heavy atom. The quantitative estimate of drug-likeness (QED) is 0.196. The minimum atomic E-state index is -1.49. The van der Waals surface area contributed by atoms with E-state index in [0.717, 1.165) is 19.3 Å². The highest BCUT2D eigenvalue weighted by atomic mass is 16.7. The number of carbonyl (C=O) groups excluding carboxylic acids is 1. The molecule has 1 unspecified atom stereocenters. The average Bonchev–Trinajstić information content (AvgIpc) is 2.67. The maximum atomic E-state index is 11.6. The maximum absolute atomic E-state index is 11.6. The van der Waals surface area contributed by atoms with Crippen LogP contribution in [0.2, 0.25) is 0 Å². The molecule has 0 aromatic heterocycles. The Balaban J connectivity index is 3.30. The SMILES string of the molecule is CCCCCCCCCCCCCCCCCC(=O)OCC(CO)OC(=O)O. The van der Waals surface area contributed by atoms with Gasteiger partial charge in [-0.1, -0.05) is 96.8 Å². The molecule has 6 heteroatoms. The van der Waals surface area contributed by atoms with E-state index in [2.05, 4.69) is 11.7 Å². The van der Waals surface area contributed by atoms with Gasteiger partial charge >= 0.3 is 12.1 Å². The van der Waals surface area contributed by atoms with E-state index in [4.69, 9.17) is 14.9 Å².